The fourth-order valence-corrected chi connectivity index (χ4v) is 4.58. The lowest BCUT2D eigenvalue weighted by Gasteiger charge is -2.35. The van der Waals surface area contributed by atoms with Crippen LogP contribution in [0.4, 0.5) is 10.2 Å². The van der Waals surface area contributed by atoms with Crippen molar-refractivity contribution in [1.29, 1.82) is 0 Å². The second-order valence-corrected chi connectivity index (χ2v) is 8.03. The lowest BCUT2D eigenvalue weighted by molar-refractivity contribution is -0.117. The molecule has 5 rings (SSSR count). The van der Waals surface area contributed by atoms with Gasteiger partial charge < -0.3 is 5.32 Å². The van der Waals surface area contributed by atoms with Crippen molar-refractivity contribution in [2.45, 2.75) is 32.7 Å². The summed E-state index contributed by atoms with van der Waals surface area (Å²) in [6.07, 6.45) is 1.34. The van der Waals surface area contributed by atoms with Crippen molar-refractivity contribution < 1.29 is 9.18 Å². The van der Waals surface area contributed by atoms with Crippen molar-refractivity contribution in [2.75, 3.05) is 5.32 Å². The van der Waals surface area contributed by atoms with E-state index in [0.29, 0.717) is 12.3 Å². The average molecular weight is 387 g/mol. The summed E-state index contributed by atoms with van der Waals surface area (Å²) in [6, 6.07) is 16.2. The number of fused-ring (bicyclic) bond motifs is 1. The molecule has 0 fully saturated rings. The van der Waals surface area contributed by atoms with Gasteiger partial charge in [-0.1, -0.05) is 49.4 Å². The summed E-state index contributed by atoms with van der Waals surface area (Å²) in [6.45, 7) is 4.09. The second kappa shape index (κ2) is 6.69. The predicted octanol–water partition coefficient (Wildman–Crippen LogP) is 5.27. The molecule has 5 heteroatoms. The summed E-state index contributed by atoms with van der Waals surface area (Å²) >= 11 is 0. The molecule has 0 unspecified atom stereocenters. The Morgan fingerprint density at radius 2 is 1.79 bits per heavy atom. The van der Waals surface area contributed by atoms with Crippen LogP contribution in [-0.4, -0.2) is 15.6 Å². The maximum Gasteiger partial charge on any atom is 0.163 e. The number of halogens is 1. The third-order valence-electron chi connectivity index (χ3n) is 5.83. The molecule has 3 aromatic rings. The van der Waals surface area contributed by atoms with E-state index in [9.17, 15) is 9.18 Å². The van der Waals surface area contributed by atoms with Crippen LogP contribution in [0.2, 0.25) is 0 Å². The highest BCUT2D eigenvalue weighted by Crippen LogP contribution is 2.45. The van der Waals surface area contributed by atoms with E-state index in [4.69, 9.17) is 5.10 Å². The zero-order valence-electron chi connectivity index (χ0n) is 16.4. The van der Waals surface area contributed by atoms with Crippen LogP contribution in [0.25, 0.3) is 11.1 Å². The molecule has 2 atom stereocenters. The van der Waals surface area contributed by atoms with Crippen LogP contribution < -0.4 is 5.32 Å². The number of carbonyl (C=O) groups is 1. The van der Waals surface area contributed by atoms with Crippen molar-refractivity contribution in [2.24, 2.45) is 5.92 Å². The van der Waals surface area contributed by atoms with Crippen LogP contribution >= 0.6 is 0 Å². The molecular formula is C24H22FN3O. The molecule has 1 aliphatic carbocycles. The van der Waals surface area contributed by atoms with Gasteiger partial charge in [0, 0.05) is 23.3 Å². The molecule has 2 aliphatic rings. The van der Waals surface area contributed by atoms with Gasteiger partial charge in [0.05, 0.1) is 5.69 Å². The van der Waals surface area contributed by atoms with E-state index >= 15 is 0 Å². The summed E-state index contributed by atoms with van der Waals surface area (Å²) in [4.78, 5) is 13.0. The van der Waals surface area contributed by atoms with E-state index in [-0.39, 0.29) is 17.6 Å². The Hall–Kier alpha value is -3.21. The molecule has 0 saturated heterocycles. The molecule has 0 saturated carbocycles. The molecule has 0 spiro atoms. The quantitative estimate of drug-likeness (QED) is 0.652. The molecule has 2 aromatic carbocycles. The normalized spacial score (nSPS) is 20.9. The molecule has 1 aromatic heterocycles. The molecule has 4 nitrogen and oxygen atoms in total. The van der Waals surface area contributed by atoms with Gasteiger partial charge in [0.15, 0.2) is 5.78 Å². The Bertz CT molecular complexity index is 1130. The lowest BCUT2D eigenvalue weighted by Crippen LogP contribution is -2.33. The van der Waals surface area contributed by atoms with Crippen LogP contribution in [0.3, 0.4) is 0 Å². The van der Waals surface area contributed by atoms with Crippen LogP contribution in [0.5, 0.6) is 0 Å². The molecule has 0 radical (unpaired) electrons. The number of rotatable bonds is 2. The molecule has 0 bridgehead atoms. The summed E-state index contributed by atoms with van der Waals surface area (Å²) in [5.41, 5.74) is 5.60. The minimum absolute atomic E-state index is 0.139. The first kappa shape index (κ1) is 17.9. The van der Waals surface area contributed by atoms with E-state index in [1.165, 1.54) is 12.1 Å². The van der Waals surface area contributed by atoms with Gasteiger partial charge in [0.2, 0.25) is 0 Å². The van der Waals surface area contributed by atoms with Gasteiger partial charge in [0.25, 0.3) is 0 Å². The number of nitrogens with zero attached hydrogens (tertiary/aromatic N) is 2. The number of carbonyl (C=O) groups excluding carboxylic acids is 1. The van der Waals surface area contributed by atoms with Gasteiger partial charge in [-0.25, -0.2) is 9.07 Å². The molecular weight excluding hydrogens is 365 g/mol. The Labute approximate surface area is 169 Å². The van der Waals surface area contributed by atoms with Crippen molar-refractivity contribution in [1.82, 2.24) is 9.78 Å². The zero-order valence-corrected chi connectivity index (χ0v) is 16.4. The molecule has 29 heavy (non-hydrogen) atoms. The second-order valence-electron chi connectivity index (χ2n) is 8.03. The fraction of sp³-hybridized carbons (Fsp3) is 0.250. The van der Waals surface area contributed by atoms with Gasteiger partial charge >= 0.3 is 0 Å². The van der Waals surface area contributed by atoms with Crippen molar-refractivity contribution >= 4 is 11.6 Å². The molecule has 1 aliphatic heterocycles. The van der Waals surface area contributed by atoms with Gasteiger partial charge in [-0.2, -0.15) is 5.10 Å². The van der Waals surface area contributed by atoms with Gasteiger partial charge in [-0.15, -0.1) is 0 Å². The van der Waals surface area contributed by atoms with E-state index in [2.05, 4.69) is 24.4 Å². The molecule has 2 heterocycles. The number of ketones is 1. The zero-order chi connectivity index (χ0) is 20.1. The van der Waals surface area contributed by atoms with Crippen LogP contribution in [0.1, 0.15) is 37.1 Å². The van der Waals surface area contributed by atoms with Crippen LogP contribution in [-0.2, 0) is 4.79 Å². The van der Waals surface area contributed by atoms with E-state index in [0.717, 1.165) is 45.9 Å². The van der Waals surface area contributed by atoms with Crippen LogP contribution in [0.15, 0.2) is 65.9 Å². The smallest absolute Gasteiger partial charge is 0.163 e. The number of hydrogen-bond donors (Lipinski definition) is 1. The number of anilines is 1. The monoisotopic (exact) mass is 387 g/mol. The van der Waals surface area contributed by atoms with E-state index < -0.39 is 0 Å². The lowest BCUT2D eigenvalue weighted by atomic mass is 9.81. The SMILES string of the molecule is Cc1nn2c(c1-c1ccccc1)NC1=C(C(=O)C[C@@H](C)C1)[C@@H]2c1ccc(F)cc1. The molecule has 146 valence electrons. The first-order chi connectivity index (χ1) is 14.0. The average Bonchev–Trinajstić information content (AvgIpc) is 3.03. The minimum Gasteiger partial charge on any atom is -0.343 e. The summed E-state index contributed by atoms with van der Waals surface area (Å²) < 4.78 is 15.5. The van der Waals surface area contributed by atoms with E-state index in [1.807, 2.05) is 29.8 Å². The predicted molar refractivity (Wildman–Crippen MR) is 111 cm³/mol. The van der Waals surface area contributed by atoms with E-state index in [1.54, 1.807) is 12.1 Å². The highest BCUT2D eigenvalue weighted by Gasteiger charge is 2.39. The number of benzene rings is 2. The number of aromatic nitrogens is 2. The minimum atomic E-state index is -0.349. The number of nitrogens with one attached hydrogen (secondary N) is 1. The maximum atomic E-state index is 13.6. The Kier molecular flexibility index (Phi) is 4.12. The highest BCUT2D eigenvalue weighted by atomic mass is 19.1. The summed E-state index contributed by atoms with van der Waals surface area (Å²) in [7, 11) is 0. The van der Waals surface area contributed by atoms with Gasteiger partial charge in [-0.3, -0.25) is 4.79 Å². The van der Waals surface area contributed by atoms with Crippen LogP contribution in [0, 0.1) is 18.7 Å². The number of aryl methyl sites for hydroxylation is 1. The van der Waals surface area contributed by atoms with Crippen molar-refractivity contribution in [3.05, 3.63) is 82.9 Å². The largest absolute Gasteiger partial charge is 0.343 e. The third kappa shape index (κ3) is 2.89. The van der Waals surface area contributed by atoms with Gasteiger partial charge in [0.1, 0.15) is 17.7 Å². The summed E-state index contributed by atoms with van der Waals surface area (Å²) in [5.74, 6) is 1.03. The summed E-state index contributed by atoms with van der Waals surface area (Å²) in [5, 5.41) is 8.37. The fourth-order valence-electron chi connectivity index (χ4n) is 4.58. The van der Waals surface area contributed by atoms with Crippen molar-refractivity contribution in [3.63, 3.8) is 0 Å². The first-order valence-corrected chi connectivity index (χ1v) is 9.96. The highest BCUT2D eigenvalue weighted by molar-refractivity contribution is 6.00. The Balaban J connectivity index is 1.75. The van der Waals surface area contributed by atoms with Gasteiger partial charge in [-0.05, 0) is 42.5 Å². The molecule has 0 amide bonds. The first-order valence-electron chi connectivity index (χ1n) is 9.96. The Morgan fingerprint density at radius 3 is 2.52 bits per heavy atom. The molecule has 1 N–H and O–H groups in total. The number of allylic oxidation sites excluding steroid dienone is 2. The Morgan fingerprint density at radius 1 is 1.07 bits per heavy atom. The standard InChI is InChI=1S/C24H22FN3O/c1-14-12-19-22(20(29)13-14)23(17-8-10-18(25)11-9-17)28-24(26-19)21(15(2)27-28)16-6-4-3-5-7-16/h3-11,14,23,26H,12-13H2,1-2H3/t14-,23-/m0/s1. The maximum absolute atomic E-state index is 13.6. The number of Topliss-reactive ketones (excluding diaryl/α,β-unsaturated/α-hetero) is 1. The topological polar surface area (TPSA) is 46.9 Å². The number of hydrogen-bond acceptors (Lipinski definition) is 3. The third-order valence-corrected chi connectivity index (χ3v) is 5.83. The van der Waals surface area contributed by atoms with Crippen molar-refractivity contribution in [3.8, 4) is 11.1 Å².